The predicted octanol–water partition coefficient (Wildman–Crippen LogP) is 5.14. The van der Waals surface area contributed by atoms with Crippen LogP contribution in [0.25, 0.3) is 11.0 Å². The highest BCUT2D eigenvalue weighted by Gasteiger charge is 2.15. The first kappa shape index (κ1) is 14.5. The molecular formula is C17H16ClNOS. The smallest absolute Gasteiger partial charge is 0.134 e. The van der Waals surface area contributed by atoms with Crippen LogP contribution in [0.4, 0.5) is 0 Å². The Balaban J connectivity index is 1.78. The van der Waals surface area contributed by atoms with Crippen LogP contribution in [0.15, 0.2) is 63.9 Å². The second-order valence-corrected chi connectivity index (χ2v) is 6.33. The SMILES string of the molecule is CNC(CSc1ccccc1)c1cc2cc(Cl)ccc2o1. The number of halogens is 1. The molecule has 2 aromatic carbocycles. The van der Waals surface area contributed by atoms with Crippen molar-refractivity contribution in [1.82, 2.24) is 5.32 Å². The minimum Gasteiger partial charge on any atom is -0.459 e. The first-order chi connectivity index (χ1) is 10.3. The van der Waals surface area contributed by atoms with Crippen molar-refractivity contribution in [2.75, 3.05) is 12.8 Å². The van der Waals surface area contributed by atoms with Crippen LogP contribution in [0.2, 0.25) is 5.02 Å². The maximum atomic E-state index is 6.02. The summed E-state index contributed by atoms with van der Waals surface area (Å²) in [5, 5.41) is 5.09. The van der Waals surface area contributed by atoms with Gasteiger partial charge in [-0.2, -0.15) is 0 Å². The van der Waals surface area contributed by atoms with Crippen molar-refractivity contribution in [1.29, 1.82) is 0 Å². The summed E-state index contributed by atoms with van der Waals surface area (Å²) in [6.07, 6.45) is 0. The van der Waals surface area contributed by atoms with E-state index in [2.05, 4.69) is 35.6 Å². The fraction of sp³-hybridized carbons (Fsp3) is 0.176. The molecule has 2 nitrogen and oxygen atoms in total. The molecule has 21 heavy (non-hydrogen) atoms. The summed E-state index contributed by atoms with van der Waals surface area (Å²) in [6, 6.07) is 18.3. The average Bonchev–Trinajstić information content (AvgIpc) is 2.92. The minimum atomic E-state index is 0.168. The number of hydrogen-bond acceptors (Lipinski definition) is 3. The van der Waals surface area contributed by atoms with Crippen LogP contribution in [0.5, 0.6) is 0 Å². The Bertz CT molecular complexity index is 726. The highest BCUT2D eigenvalue weighted by Crippen LogP contribution is 2.29. The maximum Gasteiger partial charge on any atom is 0.134 e. The molecule has 0 fully saturated rings. The van der Waals surface area contributed by atoms with Crippen LogP contribution >= 0.6 is 23.4 Å². The first-order valence-corrected chi connectivity index (χ1v) is 8.17. The predicted molar refractivity (Wildman–Crippen MR) is 90.2 cm³/mol. The Hall–Kier alpha value is -1.42. The van der Waals surface area contributed by atoms with Crippen LogP contribution in [0, 0.1) is 0 Å². The van der Waals surface area contributed by atoms with Gasteiger partial charge in [-0.05, 0) is 43.4 Å². The second-order valence-electron chi connectivity index (χ2n) is 4.80. The molecule has 0 aliphatic rings. The number of rotatable bonds is 5. The normalized spacial score (nSPS) is 12.7. The lowest BCUT2D eigenvalue weighted by molar-refractivity contribution is 0.479. The summed E-state index contributed by atoms with van der Waals surface area (Å²) in [5.41, 5.74) is 0.874. The number of nitrogens with one attached hydrogen (secondary N) is 1. The highest BCUT2D eigenvalue weighted by atomic mass is 35.5. The molecule has 1 atom stereocenters. The van der Waals surface area contributed by atoms with Crippen LogP contribution < -0.4 is 5.32 Å². The van der Waals surface area contributed by atoms with E-state index in [4.69, 9.17) is 16.0 Å². The van der Waals surface area contributed by atoms with E-state index >= 15 is 0 Å². The zero-order valence-electron chi connectivity index (χ0n) is 11.7. The summed E-state index contributed by atoms with van der Waals surface area (Å²) < 4.78 is 5.93. The van der Waals surface area contributed by atoms with Crippen molar-refractivity contribution in [3.63, 3.8) is 0 Å². The Morgan fingerprint density at radius 1 is 1.14 bits per heavy atom. The van der Waals surface area contributed by atoms with Crippen LogP contribution in [-0.4, -0.2) is 12.8 Å². The van der Waals surface area contributed by atoms with E-state index in [1.54, 1.807) is 0 Å². The summed E-state index contributed by atoms with van der Waals surface area (Å²) in [4.78, 5) is 1.26. The lowest BCUT2D eigenvalue weighted by atomic mass is 10.2. The Labute approximate surface area is 133 Å². The zero-order chi connectivity index (χ0) is 14.7. The molecule has 1 heterocycles. The molecule has 3 aromatic rings. The number of benzene rings is 2. The fourth-order valence-corrected chi connectivity index (χ4v) is 3.43. The van der Waals surface area contributed by atoms with Crippen LogP contribution in [0.1, 0.15) is 11.8 Å². The Kier molecular flexibility index (Phi) is 4.54. The zero-order valence-corrected chi connectivity index (χ0v) is 13.2. The van der Waals surface area contributed by atoms with Gasteiger partial charge < -0.3 is 9.73 Å². The third-order valence-electron chi connectivity index (χ3n) is 3.35. The van der Waals surface area contributed by atoms with Gasteiger partial charge in [-0.1, -0.05) is 29.8 Å². The van der Waals surface area contributed by atoms with Gasteiger partial charge in [-0.15, -0.1) is 11.8 Å². The molecule has 0 spiro atoms. The molecule has 1 unspecified atom stereocenters. The number of thioether (sulfide) groups is 1. The van der Waals surface area contributed by atoms with E-state index < -0.39 is 0 Å². The fourth-order valence-electron chi connectivity index (χ4n) is 2.21. The van der Waals surface area contributed by atoms with E-state index in [9.17, 15) is 0 Å². The van der Waals surface area contributed by atoms with Gasteiger partial charge >= 0.3 is 0 Å². The molecule has 0 saturated carbocycles. The molecule has 108 valence electrons. The quantitative estimate of drug-likeness (QED) is 0.660. The maximum absolute atomic E-state index is 6.02. The summed E-state index contributed by atoms with van der Waals surface area (Å²) >= 11 is 7.83. The molecule has 0 bridgehead atoms. The van der Waals surface area contributed by atoms with Gasteiger partial charge in [-0.3, -0.25) is 0 Å². The topological polar surface area (TPSA) is 25.2 Å². The van der Waals surface area contributed by atoms with Gasteiger partial charge in [0.05, 0.1) is 6.04 Å². The number of hydrogen-bond donors (Lipinski definition) is 1. The molecule has 3 rings (SSSR count). The summed E-state index contributed by atoms with van der Waals surface area (Å²) in [6.45, 7) is 0. The monoisotopic (exact) mass is 317 g/mol. The van der Waals surface area contributed by atoms with E-state index in [-0.39, 0.29) is 6.04 Å². The highest BCUT2D eigenvalue weighted by molar-refractivity contribution is 7.99. The lowest BCUT2D eigenvalue weighted by Crippen LogP contribution is -2.17. The van der Waals surface area contributed by atoms with Crippen molar-refractivity contribution < 1.29 is 4.42 Å². The molecule has 1 N–H and O–H groups in total. The molecule has 0 saturated heterocycles. The molecule has 0 aliphatic heterocycles. The third-order valence-corrected chi connectivity index (χ3v) is 4.69. The van der Waals surface area contributed by atoms with Gasteiger partial charge in [-0.25, -0.2) is 0 Å². The van der Waals surface area contributed by atoms with Gasteiger partial charge in [0.1, 0.15) is 11.3 Å². The summed E-state index contributed by atoms with van der Waals surface area (Å²) in [7, 11) is 1.95. The minimum absolute atomic E-state index is 0.168. The second kappa shape index (κ2) is 6.56. The average molecular weight is 318 g/mol. The van der Waals surface area contributed by atoms with Crippen LogP contribution in [-0.2, 0) is 0 Å². The Morgan fingerprint density at radius 3 is 2.71 bits per heavy atom. The third kappa shape index (κ3) is 3.43. The number of furan rings is 1. The van der Waals surface area contributed by atoms with Gasteiger partial charge in [0.25, 0.3) is 0 Å². The van der Waals surface area contributed by atoms with Crippen molar-refractivity contribution in [3.8, 4) is 0 Å². The molecule has 1 aromatic heterocycles. The molecular weight excluding hydrogens is 302 g/mol. The standard InChI is InChI=1S/C17H16ClNOS/c1-19-15(11-21-14-5-3-2-4-6-14)17-10-12-9-13(18)7-8-16(12)20-17/h2-10,15,19H,11H2,1H3. The Morgan fingerprint density at radius 2 is 1.95 bits per heavy atom. The van der Waals surface area contributed by atoms with E-state index in [1.807, 2.05) is 43.1 Å². The molecule has 0 radical (unpaired) electrons. The van der Waals surface area contributed by atoms with Crippen LogP contribution in [0.3, 0.4) is 0 Å². The van der Waals surface area contributed by atoms with E-state index in [0.717, 1.165) is 27.5 Å². The lowest BCUT2D eigenvalue weighted by Gasteiger charge is -2.12. The van der Waals surface area contributed by atoms with Gasteiger partial charge in [0.15, 0.2) is 0 Å². The van der Waals surface area contributed by atoms with Crippen molar-refractivity contribution in [2.24, 2.45) is 0 Å². The van der Waals surface area contributed by atoms with Crippen molar-refractivity contribution >= 4 is 34.3 Å². The first-order valence-electron chi connectivity index (χ1n) is 6.80. The van der Waals surface area contributed by atoms with Gasteiger partial charge in [0.2, 0.25) is 0 Å². The van der Waals surface area contributed by atoms with Crippen molar-refractivity contribution in [3.05, 3.63) is 65.4 Å². The van der Waals surface area contributed by atoms with Crippen molar-refractivity contribution in [2.45, 2.75) is 10.9 Å². The van der Waals surface area contributed by atoms with Gasteiger partial charge in [0, 0.05) is 21.1 Å². The molecule has 0 amide bonds. The largest absolute Gasteiger partial charge is 0.459 e. The van der Waals surface area contributed by atoms with E-state index in [1.165, 1.54) is 4.90 Å². The molecule has 4 heteroatoms. The number of fused-ring (bicyclic) bond motifs is 1. The molecule has 0 aliphatic carbocycles. The van der Waals surface area contributed by atoms with E-state index in [0.29, 0.717) is 0 Å². The summed E-state index contributed by atoms with van der Waals surface area (Å²) in [5.74, 6) is 1.85.